The number of hydrogen-bond acceptors (Lipinski definition) is 5. The maximum atomic E-state index is 12.4. The Bertz CT molecular complexity index is 844. The van der Waals surface area contributed by atoms with Gasteiger partial charge in [-0.2, -0.15) is 16.4 Å². The average Bonchev–Trinajstić information content (AvgIpc) is 3.36. The van der Waals surface area contributed by atoms with Crippen LogP contribution in [0.1, 0.15) is 24.6 Å². The van der Waals surface area contributed by atoms with E-state index in [1.165, 1.54) is 0 Å². The number of carbonyl (C=O) groups is 1. The summed E-state index contributed by atoms with van der Waals surface area (Å²) in [6.45, 7) is 3.73. The van der Waals surface area contributed by atoms with E-state index >= 15 is 0 Å². The summed E-state index contributed by atoms with van der Waals surface area (Å²) in [7, 11) is 0. The van der Waals surface area contributed by atoms with Gasteiger partial charge in [0, 0.05) is 30.2 Å². The van der Waals surface area contributed by atoms with Crippen molar-refractivity contribution in [1.82, 2.24) is 29.7 Å². The van der Waals surface area contributed by atoms with Crippen LogP contribution in [0.5, 0.6) is 0 Å². The molecule has 1 amide bonds. The zero-order valence-electron chi connectivity index (χ0n) is 14.1. The van der Waals surface area contributed by atoms with E-state index in [1.807, 2.05) is 40.3 Å². The second-order valence-electron chi connectivity index (χ2n) is 6.36. The number of carbonyl (C=O) groups excluding carboxylic acids is 1. The molecular formula is C17H20N6OS. The van der Waals surface area contributed by atoms with Gasteiger partial charge in [0.1, 0.15) is 12.2 Å². The minimum absolute atomic E-state index is 0.124. The van der Waals surface area contributed by atoms with Crippen molar-refractivity contribution >= 4 is 17.2 Å². The molecule has 0 bridgehead atoms. The predicted molar refractivity (Wildman–Crippen MR) is 95.2 cm³/mol. The fourth-order valence-corrected chi connectivity index (χ4v) is 3.82. The summed E-state index contributed by atoms with van der Waals surface area (Å²) in [6, 6.07) is 4.27. The van der Waals surface area contributed by atoms with Crippen molar-refractivity contribution in [3.63, 3.8) is 0 Å². The van der Waals surface area contributed by atoms with Crippen molar-refractivity contribution in [2.24, 2.45) is 0 Å². The number of likely N-dealkylation sites (tertiary alicyclic amines) is 1. The lowest BCUT2D eigenvalue weighted by atomic mass is 10.1. The number of nitrogens with zero attached hydrogens (tertiary/aromatic N) is 6. The molecule has 7 nitrogen and oxygen atoms in total. The lowest BCUT2D eigenvalue weighted by Crippen LogP contribution is -2.40. The first-order valence-electron chi connectivity index (χ1n) is 8.41. The summed E-state index contributed by atoms with van der Waals surface area (Å²) in [6.07, 6.45) is 5.66. The minimum atomic E-state index is 0.124. The molecule has 130 valence electrons. The van der Waals surface area contributed by atoms with Crippen molar-refractivity contribution < 1.29 is 4.79 Å². The summed E-state index contributed by atoms with van der Waals surface area (Å²) in [5.74, 6) is 0.124. The molecule has 0 aromatic carbocycles. The summed E-state index contributed by atoms with van der Waals surface area (Å²) in [4.78, 5) is 14.3. The van der Waals surface area contributed by atoms with E-state index in [-0.39, 0.29) is 5.91 Å². The summed E-state index contributed by atoms with van der Waals surface area (Å²) >= 11 is 1.66. The Morgan fingerprint density at radius 3 is 2.84 bits per heavy atom. The molecule has 0 spiro atoms. The van der Waals surface area contributed by atoms with Gasteiger partial charge in [0.15, 0.2) is 0 Å². The second-order valence-corrected chi connectivity index (χ2v) is 7.14. The average molecular weight is 356 g/mol. The van der Waals surface area contributed by atoms with E-state index in [0.29, 0.717) is 12.6 Å². The SMILES string of the molecule is Cc1ccn(CC(=O)N2CCC(n3cc(-c4ccsc4)nn3)CC2)n1. The summed E-state index contributed by atoms with van der Waals surface area (Å²) in [5.41, 5.74) is 2.95. The molecule has 1 aliphatic rings. The number of aryl methyl sites for hydroxylation is 1. The van der Waals surface area contributed by atoms with Crippen molar-refractivity contribution in [3.8, 4) is 11.3 Å². The second kappa shape index (κ2) is 6.79. The topological polar surface area (TPSA) is 68.8 Å². The largest absolute Gasteiger partial charge is 0.341 e. The van der Waals surface area contributed by atoms with Crippen molar-refractivity contribution in [1.29, 1.82) is 0 Å². The van der Waals surface area contributed by atoms with E-state index in [4.69, 9.17) is 0 Å². The fraction of sp³-hybridized carbons (Fsp3) is 0.412. The first-order chi connectivity index (χ1) is 12.2. The van der Waals surface area contributed by atoms with E-state index in [9.17, 15) is 4.79 Å². The van der Waals surface area contributed by atoms with E-state index in [2.05, 4.69) is 26.9 Å². The molecule has 1 saturated heterocycles. The van der Waals surface area contributed by atoms with Gasteiger partial charge in [-0.05, 0) is 37.3 Å². The Morgan fingerprint density at radius 2 is 2.16 bits per heavy atom. The summed E-state index contributed by atoms with van der Waals surface area (Å²) < 4.78 is 3.65. The van der Waals surface area contributed by atoms with E-state index < -0.39 is 0 Å². The maximum Gasteiger partial charge on any atom is 0.244 e. The highest BCUT2D eigenvalue weighted by molar-refractivity contribution is 7.08. The monoisotopic (exact) mass is 356 g/mol. The third-order valence-corrected chi connectivity index (χ3v) is 5.27. The number of rotatable bonds is 4. The van der Waals surface area contributed by atoms with Gasteiger partial charge in [-0.1, -0.05) is 5.21 Å². The Morgan fingerprint density at radius 1 is 1.32 bits per heavy atom. The predicted octanol–water partition coefficient (Wildman–Crippen LogP) is 2.38. The van der Waals surface area contributed by atoms with Crippen LogP contribution in [0, 0.1) is 6.92 Å². The lowest BCUT2D eigenvalue weighted by Gasteiger charge is -2.31. The van der Waals surface area contributed by atoms with Gasteiger partial charge in [-0.3, -0.25) is 9.48 Å². The normalized spacial score (nSPS) is 15.6. The van der Waals surface area contributed by atoms with Crippen molar-refractivity contribution in [3.05, 3.63) is 41.0 Å². The lowest BCUT2D eigenvalue weighted by molar-refractivity contribution is -0.133. The van der Waals surface area contributed by atoms with Gasteiger partial charge < -0.3 is 4.90 Å². The molecule has 3 aromatic heterocycles. The Kier molecular flexibility index (Phi) is 4.35. The van der Waals surface area contributed by atoms with Gasteiger partial charge in [0.25, 0.3) is 0 Å². The standard InChI is InChI=1S/C17H20N6OS/c1-13-2-8-22(19-13)11-17(24)21-6-3-15(4-7-21)23-10-16(18-20-23)14-5-9-25-12-14/h2,5,8-10,12,15H,3-4,6-7,11H2,1H3. The van der Waals surface area contributed by atoms with Crippen molar-refractivity contribution in [2.45, 2.75) is 32.4 Å². The van der Waals surface area contributed by atoms with Crippen LogP contribution in [0.2, 0.25) is 0 Å². The zero-order chi connectivity index (χ0) is 17.2. The molecule has 25 heavy (non-hydrogen) atoms. The van der Waals surface area contributed by atoms with Gasteiger partial charge in [0.2, 0.25) is 5.91 Å². The molecule has 0 saturated carbocycles. The van der Waals surface area contributed by atoms with E-state index in [1.54, 1.807) is 16.0 Å². The smallest absolute Gasteiger partial charge is 0.244 e. The third-order valence-electron chi connectivity index (χ3n) is 4.59. The molecule has 0 N–H and O–H groups in total. The molecule has 0 atom stereocenters. The first-order valence-corrected chi connectivity index (χ1v) is 9.35. The Balaban J connectivity index is 1.34. The molecule has 4 heterocycles. The number of hydrogen-bond donors (Lipinski definition) is 0. The maximum absolute atomic E-state index is 12.4. The molecule has 1 aliphatic heterocycles. The van der Waals surface area contributed by atoms with Crippen LogP contribution in [0.4, 0.5) is 0 Å². The Hall–Kier alpha value is -2.48. The molecule has 1 fully saturated rings. The highest BCUT2D eigenvalue weighted by Crippen LogP contribution is 2.25. The number of piperidine rings is 1. The van der Waals surface area contributed by atoms with Crippen LogP contribution in [-0.4, -0.2) is 48.7 Å². The molecule has 4 rings (SSSR count). The van der Waals surface area contributed by atoms with Crippen LogP contribution < -0.4 is 0 Å². The van der Waals surface area contributed by atoms with Gasteiger partial charge in [-0.25, -0.2) is 4.68 Å². The number of thiophene rings is 1. The van der Waals surface area contributed by atoms with E-state index in [0.717, 1.165) is 42.9 Å². The molecular weight excluding hydrogens is 336 g/mol. The van der Waals surface area contributed by atoms with Crippen molar-refractivity contribution in [2.75, 3.05) is 13.1 Å². The zero-order valence-corrected chi connectivity index (χ0v) is 14.9. The molecule has 0 aliphatic carbocycles. The molecule has 0 unspecified atom stereocenters. The quantitative estimate of drug-likeness (QED) is 0.720. The van der Waals surface area contributed by atoms with Crippen LogP contribution in [0.25, 0.3) is 11.3 Å². The van der Waals surface area contributed by atoms with Gasteiger partial charge in [-0.15, -0.1) is 5.10 Å². The molecule has 8 heteroatoms. The third kappa shape index (κ3) is 3.48. The summed E-state index contributed by atoms with van der Waals surface area (Å²) in [5, 5.41) is 17.0. The highest BCUT2D eigenvalue weighted by atomic mass is 32.1. The van der Waals surface area contributed by atoms with Crippen LogP contribution in [0.3, 0.4) is 0 Å². The van der Waals surface area contributed by atoms with Gasteiger partial charge >= 0.3 is 0 Å². The Labute approximate surface area is 149 Å². The van der Waals surface area contributed by atoms with Gasteiger partial charge in [0.05, 0.1) is 17.9 Å². The van der Waals surface area contributed by atoms with Crippen LogP contribution in [0.15, 0.2) is 35.3 Å². The van der Waals surface area contributed by atoms with Crippen LogP contribution >= 0.6 is 11.3 Å². The first kappa shape index (κ1) is 16.0. The number of aromatic nitrogens is 5. The fourth-order valence-electron chi connectivity index (χ4n) is 3.17. The molecule has 0 radical (unpaired) electrons. The minimum Gasteiger partial charge on any atom is -0.341 e. The highest BCUT2D eigenvalue weighted by Gasteiger charge is 2.25. The van der Waals surface area contributed by atoms with Crippen LogP contribution in [-0.2, 0) is 11.3 Å². The molecule has 3 aromatic rings. The number of amides is 1.